The lowest BCUT2D eigenvalue weighted by Crippen LogP contribution is -2.11. The highest BCUT2D eigenvalue weighted by atomic mass is 35.5. The fourth-order valence-corrected chi connectivity index (χ4v) is 3.98. The number of aryl methyl sites for hydroxylation is 2. The van der Waals surface area contributed by atoms with Crippen molar-refractivity contribution in [3.63, 3.8) is 0 Å². The van der Waals surface area contributed by atoms with Crippen LogP contribution in [0.1, 0.15) is 29.7 Å². The van der Waals surface area contributed by atoms with Crippen molar-refractivity contribution in [1.82, 2.24) is 24.6 Å². The van der Waals surface area contributed by atoms with Crippen molar-refractivity contribution in [2.75, 3.05) is 6.54 Å². The van der Waals surface area contributed by atoms with Gasteiger partial charge in [0, 0.05) is 25.5 Å². The van der Waals surface area contributed by atoms with Gasteiger partial charge in [-0.25, -0.2) is 4.98 Å². The summed E-state index contributed by atoms with van der Waals surface area (Å²) >= 11 is 0. The van der Waals surface area contributed by atoms with Gasteiger partial charge in [-0.05, 0) is 55.5 Å². The average molecular weight is 356 g/mol. The third-order valence-electron chi connectivity index (χ3n) is 5.14. The van der Waals surface area contributed by atoms with Crippen molar-refractivity contribution in [3.8, 4) is 17.2 Å². The molecule has 1 aromatic carbocycles. The maximum Gasteiger partial charge on any atom is 0.165 e. The first-order valence-electron chi connectivity index (χ1n) is 8.82. The zero-order valence-electron chi connectivity index (χ0n) is 14.1. The molecule has 1 aliphatic heterocycles. The van der Waals surface area contributed by atoms with Crippen LogP contribution in [0.15, 0.2) is 36.7 Å². The molecular weight excluding hydrogens is 334 g/mol. The molecule has 5 rings (SSSR count). The molecule has 0 spiro atoms. The van der Waals surface area contributed by atoms with E-state index in [9.17, 15) is 0 Å². The van der Waals surface area contributed by atoms with Gasteiger partial charge in [-0.15, -0.1) is 12.4 Å². The topological polar surface area (TPSA) is 47.7 Å². The quantitative estimate of drug-likeness (QED) is 0.768. The molecule has 1 aliphatic carbocycles. The first-order valence-corrected chi connectivity index (χ1v) is 8.82. The van der Waals surface area contributed by atoms with Crippen LogP contribution >= 0.6 is 12.4 Å². The van der Waals surface area contributed by atoms with E-state index in [0.717, 1.165) is 44.0 Å². The summed E-state index contributed by atoms with van der Waals surface area (Å²) in [6.45, 7) is 2.92. The number of benzene rings is 1. The van der Waals surface area contributed by atoms with Crippen molar-refractivity contribution in [1.29, 1.82) is 0 Å². The standard InChI is InChI=1S/C19H21N5.ClH/c1-4-14-5-2-7-18(16(14)6-1)23-11-9-21-19(23)17-12-15-13-20-8-3-10-24(15)22-17;/h2,5,7,9,11-12,20H,1,3-4,6,8,10,13H2;1H. The Morgan fingerprint density at radius 2 is 2.08 bits per heavy atom. The van der Waals surface area contributed by atoms with E-state index in [0.29, 0.717) is 0 Å². The Kier molecular flexibility index (Phi) is 4.36. The molecule has 0 bridgehead atoms. The maximum atomic E-state index is 4.83. The second-order valence-electron chi connectivity index (χ2n) is 6.66. The second kappa shape index (κ2) is 6.65. The van der Waals surface area contributed by atoms with Gasteiger partial charge < -0.3 is 5.32 Å². The van der Waals surface area contributed by atoms with E-state index in [1.807, 2.05) is 6.20 Å². The highest BCUT2D eigenvalue weighted by molar-refractivity contribution is 5.85. The molecule has 3 heterocycles. The molecule has 0 radical (unpaired) electrons. The summed E-state index contributed by atoms with van der Waals surface area (Å²) in [7, 11) is 0. The average Bonchev–Trinajstić information content (AvgIpc) is 3.31. The van der Waals surface area contributed by atoms with E-state index in [4.69, 9.17) is 5.10 Å². The van der Waals surface area contributed by atoms with Gasteiger partial charge in [-0.3, -0.25) is 9.25 Å². The van der Waals surface area contributed by atoms with Crippen molar-refractivity contribution in [3.05, 3.63) is 53.5 Å². The van der Waals surface area contributed by atoms with Gasteiger partial charge >= 0.3 is 0 Å². The smallest absolute Gasteiger partial charge is 0.165 e. The normalized spacial score (nSPS) is 16.0. The van der Waals surface area contributed by atoms with E-state index in [2.05, 4.69) is 50.0 Å². The number of nitrogens with zero attached hydrogens (tertiary/aromatic N) is 4. The minimum atomic E-state index is 0. The number of hydrogen-bond donors (Lipinski definition) is 1. The van der Waals surface area contributed by atoms with Crippen LogP contribution in [0.3, 0.4) is 0 Å². The van der Waals surface area contributed by atoms with Gasteiger partial charge in [0.2, 0.25) is 0 Å². The van der Waals surface area contributed by atoms with Crippen LogP contribution in [-0.4, -0.2) is 25.9 Å². The number of imidazole rings is 1. The van der Waals surface area contributed by atoms with Crippen molar-refractivity contribution in [2.45, 2.75) is 38.8 Å². The molecule has 3 aromatic rings. The molecular formula is C19H22ClN5. The van der Waals surface area contributed by atoms with E-state index in [1.54, 1.807) is 0 Å². The van der Waals surface area contributed by atoms with Gasteiger partial charge in [0.25, 0.3) is 0 Å². The number of hydrogen-bond acceptors (Lipinski definition) is 3. The first kappa shape index (κ1) is 16.4. The van der Waals surface area contributed by atoms with Crippen molar-refractivity contribution in [2.24, 2.45) is 0 Å². The Bertz CT molecular complexity index is 872. The first-order chi connectivity index (χ1) is 11.9. The third-order valence-corrected chi connectivity index (χ3v) is 5.14. The molecule has 0 saturated carbocycles. The molecule has 1 N–H and O–H groups in total. The molecule has 0 amide bonds. The Balaban J connectivity index is 0.00000157. The number of nitrogens with one attached hydrogen (secondary N) is 1. The van der Waals surface area contributed by atoms with Crippen LogP contribution in [-0.2, 0) is 25.9 Å². The molecule has 0 saturated heterocycles. The number of halogens is 1. The molecule has 2 aliphatic rings. The van der Waals surface area contributed by atoms with E-state index in [-0.39, 0.29) is 12.4 Å². The summed E-state index contributed by atoms with van der Waals surface area (Å²) < 4.78 is 4.34. The van der Waals surface area contributed by atoms with E-state index < -0.39 is 0 Å². The summed E-state index contributed by atoms with van der Waals surface area (Å²) in [4.78, 5) is 4.62. The summed E-state index contributed by atoms with van der Waals surface area (Å²) in [6, 6.07) is 8.81. The molecule has 0 atom stereocenters. The minimum absolute atomic E-state index is 0. The van der Waals surface area contributed by atoms with Crippen LogP contribution in [0, 0.1) is 0 Å². The molecule has 25 heavy (non-hydrogen) atoms. The Morgan fingerprint density at radius 1 is 1.12 bits per heavy atom. The third kappa shape index (κ3) is 2.77. The maximum absolute atomic E-state index is 4.83. The zero-order chi connectivity index (χ0) is 15.9. The van der Waals surface area contributed by atoms with Gasteiger partial charge in [0.05, 0.1) is 11.4 Å². The molecule has 0 unspecified atom stereocenters. The van der Waals surface area contributed by atoms with Crippen molar-refractivity contribution < 1.29 is 0 Å². The second-order valence-corrected chi connectivity index (χ2v) is 6.66. The molecule has 2 aromatic heterocycles. The van der Waals surface area contributed by atoms with Crippen LogP contribution in [0.4, 0.5) is 0 Å². The largest absolute Gasteiger partial charge is 0.311 e. The fourth-order valence-electron chi connectivity index (χ4n) is 3.98. The highest BCUT2D eigenvalue weighted by Gasteiger charge is 2.20. The summed E-state index contributed by atoms with van der Waals surface area (Å²) in [5.41, 5.74) is 6.43. The van der Waals surface area contributed by atoms with Gasteiger partial charge in [-0.1, -0.05) is 12.1 Å². The lowest BCUT2D eigenvalue weighted by molar-refractivity contribution is 0.588. The highest BCUT2D eigenvalue weighted by Crippen LogP contribution is 2.30. The van der Waals surface area contributed by atoms with Crippen LogP contribution < -0.4 is 5.32 Å². The van der Waals surface area contributed by atoms with Gasteiger partial charge in [0.1, 0.15) is 5.69 Å². The Hall–Kier alpha value is -2.11. The summed E-state index contributed by atoms with van der Waals surface area (Å²) in [5, 5.41) is 8.28. The number of rotatable bonds is 2. The predicted octanol–water partition coefficient (Wildman–Crippen LogP) is 3.14. The monoisotopic (exact) mass is 355 g/mol. The van der Waals surface area contributed by atoms with E-state index >= 15 is 0 Å². The fraction of sp³-hybridized carbons (Fsp3) is 0.368. The SMILES string of the molecule is Cl.c1cc2c(c(-n3ccnc3-c3cc4n(n3)CCCNC4)c1)CCC2. The van der Waals surface area contributed by atoms with Crippen LogP contribution in [0.25, 0.3) is 17.2 Å². The Labute approximate surface area is 153 Å². The lowest BCUT2D eigenvalue weighted by Gasteiger charge is -2.11. The summed E-state index contributed by atoms with van der Waals surface area (Å²) in [5.74, 6) is 0.941. The summed E-state index contributed by atoms with van der Waals surface area (Å²) in [6.07, 6.45) is 8.67. The molecule has 5 nitrogen and oxygen atoms in total. The van der Waals surface area contributed by atoms with Crippen molar-refractivity contribution >= 4 is 12.4 Å². The van der Waals surface area contributed by atoms with Crippen LogP contribution in [0.2, 0.25) is 0 Å². The predicted molar refractivity (Wildman–Crippen MR) is 100 cm³/mol. The number of fused-ring (bicyclic) bond motifs is 2. The Morgan fingerprint density at radius 3 is 3.04 bits per heavy atom. The van der Waals surface area contributed by atoms with Gasteiger partial charge in [-0.2, -0.15) is 5.10 Å². The number of aromatic nitrogens is 4. The molecule has 0 fully saturated rings. The van der Waals surface area contributed by atoms with Gasteiger partial charge in [0.15, 0.2) is 5.82 Å². The van der Waals surface area contributed by atoms with E-state index in [1.165, 1.54) is 35.3 Å². The van der Waals surface area contributed by atoms with Crippen LogP contribution in [0.5, 0.6) is 0 Å². The lowest BCUT2D eigenvalue weighted by atomic mass is 10.1. The molecule has 6 heteroatoms. The molecule has 130 valence electrons. The minimum Gasteiger partial charge on any atom is -0.311 e. The zero-order valence-corrected chi connectivity index (χ0v) is 14.9.